The van der Waals surface area contributed by atoms with Crippen LogP contribution >= 0.6 is 0 Å². The Morgan fingerprint density at radius 1 is 0.562 bits per heavy atom. The number of rotatable bonds is 3. The van der Waals surface area contributed by atoms with Crippen molar-refractivity contribution in [2.24, 2.45) is 35.5 Å². The Bertz CT molecular complexity index is 641. The standard InChI is InChI=1S/C28H44O4/c1-2-4-25(5-3-1)29-26-8-6-21(7-9-26)22-10-12-27(13-11-22)30-28(32-31-27)23-15-19-14-20(17-23)18-24(28)16-19/h19-26H,1-18H2/t19?,20?,21?,22-,23?,24?,26?,27+,28-. The maximum Gasteiger partial charge on any atom is 0.210 e. The van der Waals surface area contributed by atoms with E-state index in [4.69, 9.17) is 19.2 Å². The van der Waals surface area contributed by atoms with Crippen LogP contribution in [0.3, 0.4) is 0 Å². The average Bonchev–Trinajstić information content (AvgIpc) is 3.19. The molecule has 4 bridgehead atoms. The van der Waals surface area contributed by atoms with Crippen LogP contribution in [0.15, 0.2) is 0 Å². The molecule has 0 atom stereocenters. The van der Waals surface area contributed by atoms with E-state index in [0.29, 0.717) is 24.0 Å². The molecule has 7 aliphatic carbocycles. The molecule has 8 aliphatic rings. The van der Waals surface area contributed by atoms with Crippen molar-refractivity contribution in [2.45, 2.75) is 139 Å². The molecule has 4 nitrogen and oxygen atoms in total. The summed E-state index contributed by atoms with van der Waals surface area (Å²) in [5.41, 5.74) is 0. The van der Waals surface area contributed by atoms with Crippen molar-refractivity contribution in [1.82, 2.24) is 0 Å². The molecule has 0 radical (unpaired) electrons. The lowest BCUT2D eigenvalue weighted by atomic mass is 9.53. The van der Waals surface area contributed by atoms with E-state index in [1.165, 1.54) is 103 Å². The lowest BCUT2D eigenvalue weighted by Gasteiger charge is -2.57. The quantitative estimate of drug-likeness (QED) is 0.443. The van der Waals surface area contributed by atoms with Crippen LogP contribution in [-0.2, 0) is 19.2 Å². The molecule has 0 aromatic rings. The summed E-state index contributed by atoms with van der Waals surface area (Å²) in [6, 6.07) is 0. The zero-order chi connectivity index (χ0) is 21.2. The fourth-order valence-electron chi connectivity index (χ4n) is 9.52. The third-order valence-corrected chi connectivity index (χ3v) is 11.1. The number of hydrogen-bond acceptors (Lipinski definition) is 4. The Labute approximate surface area is 194 Å². The Hall–Kier alpha value is -0.160. The third kappa shape index (κ3) is 3.62. The summed E-state index contributed by atoms with van der Waals surface area (Å²) in [6.07, 6.45) is 24.4. The summed E-state index contributed by atoms with van der Waals surface area (Å²) in [4.78, 5) is 12.4. The predicted molar refractivity (Wildman–Crippen MR) is 121 cm³/mol. The van der Waals surface area contributed by atoms with E-state index >= 15 is 0 Å². The van der Waals surface area contributed by atoms with Crippen LogP contribution in [-0.4, -0.2) is 23.8 Å². The molecule has 0 aromatic carbocycles. The third-order valence-electron chi connectivity index (χ3n) is 11.1. The van der Waals surface area contributed by atoms with Gasteiger partial charge in [0.25, 0.3) is 0 Å². The van der Waals surface area contributed by atoms with Crippen LogP contribution in [0.1, 0.15) is 116 Å². The van der Waals surface area contributed by atoms with Gasteiger partial charge in [-0.05, 0) is 107 Å². The van der Waals surface area contributed by atoms with Gasteiger partial charge in [-0.2, -0.15) is 9.78 Å². The molecule has 1 saturated heterocycles. The highest BCUT2D eigenvalue weighted by Gasteiger charge is 2.66. The second kappa shape index (κ2) is 8.21. The summed E-state index contributed by atoms with van der Waals surface area (Å²) in [7, 11) is 0. The largest absolute Gasteiger partial charge is 0.375 e. The summed E-state index contributed by atoms with van der Waals surface area (Å²) in [5, 5.41) is 0. The molecule has 4 heteroatoms. The molecule has 8 fully saturated rings. The van der Waals surface area contributed by atoms with Crippen molar-refractivity contribution >= 4 is 0 Å². The van der Waals surface area contributed by atoms with E-state index < -0.39 is 11.6 Å². The molecule has 0 N–H and O–H groups in total. The first-order chi connectivity index (χ1) is 15.7. The van der Waals surface area contributed by atoms with Crippen LogP contribution < -0.4 is 0 Å². The summed E-state index contributed by atoms with van der Waals surface area (Å²) in [5.74, 6) is 3.92. The minimum Gasteiger partial charge on any atom is -0.375 e. The molecular weight excluding hydrogens is 400 g/mol. The van der Waals surface area contributed by atoms with E-state index in [1.807, 2.05) is 0 Å². The maximum absolute atomic E-state index is 6.93. The van der Waals surface area contributed by atoms with Crippen molar-refractivity contribution in [1.29, 1.82) is 0 Å². The van der Waals surface area contributed by atoms with Gasteiger partial charge < -0.3 is 9.47 Å². The van der Waals surface area contributed by atoms with Crippen molar-refractivity contribution in [3.8, 4) is 0 Å². The highest BCUT2D eigenvalue weighted by atomic mass is 17.3. The van der Waals surface area contributed by atoms with Gasteiger partial charge in [-0.25, -0.2) is 0 Å². The molecule has 0 aromatic heterocycles. The first-order valence-electron chi connectivity index (χ1n) is 14.4. The van der Waals surface area contributed by atoms with Gasteiger partial charge in [0.1, 0.15) is 0 Å². The minimum absolute atomic E-state index is 0.394. The summed E-state index contributed by atoms with van der Waals surface area (Å²) >= 11 is 0. The highest BCUT2D eigenvalue weighted by Crippen LogP contribution is 2.64. The first kappa shape index (κ1) is 21.1. The van der Waals surface area contributed by atoms with Gasteiger partial charge in [-0.3, -0.25) is 0 Å². The van der Waals surface area contributed by atoms with Gasteiger partial charge >= 0.3 is 0 Å². The zero-order valence-corrected chi connectivity index (χ0v) is 20.0. The maximum atomic E-state index is 6.93. The minimum atomic E-state index is -0.437. The predicted octanol–water partition coefficient (Wildman–Crippen LogP) is 6.91. The fourth-order valence-corrected chi connectivity index (χ4v) is 9.52. The molecule has 32 heavy (non-hydrogen) atoms. The van der Waals surface area contributed by atoms with E-state index in [1.54, 1.807) is 0 Å². The lowest BCUT2D eigenvalue weighted by Crippen LogP contribution is -2.59. The normalized spacial score (nSPS) is 53.4. The van der Waals surface area contributed by atoms with Crippen molar-refractivity contribution in [3.05, 3.63) is 0 Å². The Kier molecular flexibility index (Phi) is 5.43. The molecular formula is C28H44O4. The number of ether oxygens (including phenoxy) is 2. The second-order valence-electron chi connectivity index (χ2n) is 13.0. The lowest BCUT2D eigenvalue weighted by molar-refractivity contribution is -0.390. The Morgan fingerprint density at radius 3 is 1.81 bits per heavy atom. The molecule has 1 aliphatic heterocycles. The average molecular weight is 445 g/mol. The SMILES string of the molecule is C1CCC(OC2CCC([C@H]3CC[C@]4(CC3)OO[C@]3(O4)C4CC5CC(C4)CC3C5)CC2)CC1. The Balaban J connectivity index is 0.920. The van der Waals surface area contributed by atoms with Gasteiger partial charge in [0.2, 0.25) is 11.6 Å². The zero-order valence-electron chi connectivity index (χ0n) is 20.0. The van der Waals surface area contributed by atoms with Crippen molar-refractivity contribution in [3.63, 3.8) is 0 Å². The van der Waals surface area contributed by atoms with E-state index in [-0.39, 0.29) is 0 Å². The summed E-state index contributed by atoms with van der Waals surface area (Å²) in [6.45, 7) is 0. The van der Waals surface area contributed by atoms with Crippen molar-refractivity contribution in [2.75, 3.05) is 0 Å². The van der Waals surface area contributed by atoms with Crippen molar-refractivity contribution < 1.29 is 19.2 Å². The molecule has 8 rings (SSSR count). The molecule has 0 amide bonds. The van der Waals surface area contributed by atoms with Gasteiger partial charge in [0.15, 0.2) is 0 Å². The van der Waals surface area contributed by atoms with Crippen LogP contribution in [0.4, 0.5) is 0 Å². The van der Waals surface area contributed by atoms with Crippen LogP contribution in [0.2, 0.25) is 0 Å². The van der Waals surface area contributed by atoms with Gasteiger partial charge in [-0.1, -0.05) is 19.3 Å². The van der Waals surface area contributed by atoms with E-state index in [2.05, 4.69) is 0 Å². The second-order valence-corrected chi connectivity index (χ2v) is 13.0. The van der Waals surface area contributed by atoms with Crippen LogP contribution in [0, 0.1) is 35.5 Å². The van der Waals surface area contributed by atoms with Crippen LogP contribution in [0.5, 0.6) is 0 Å². The van der Waals surface area contributed by atoms with Gasteiger partial charge in [0.05, 0.1) is 12.2 Å². The monoisotopic (exact) mass is 444 g/mol. The highest BCUT2D eigenvalue weighted by molar-refractivity contribution is 5.05. The molecule has 180 valence electrons. The van der Waals surface area contributed by atoms with Crippen LogP contribution in [0.25, 0.3) is 0 Å². The molecule has 1 heterocycles. The molecule has 2 spiro atoms. The smallest absolute Gasteiger partial charge is 0.210 e. The Morgan fingerprint density at radius 2 is 1.16 bits per heavy atom. The van der Waals surface area contributed by atoms with Gasteiger partial charge in [-0.15, -0.1) is 0 Å². The molecule has 0 unspecified atom stereocenters. The fraction of sp³-hybridized carbons (Fsp3) is 1.00. The van der Waals surface area contributed by atoms with E-state index in [9.17, 15) is 0 Å². The summed E-state index contributed by atoms with van der Waals surface area (Å²) < 4.78 is 13.4. The first-order valence-corrected chi connectivity index (χ1v) is 14.4. The number of hydrogen-bond donors (Lipinski definition) is 0. The van der Waals surface area contributed by atoms with E-state index in [0.717, 1.165) is 36.5 Å². The van der Waals surface area contributed by atoms with Gasteiger partial charge in [0, 0.05) is 24.7 Å². The molecule has 7 saturated carbocycles. The topological polar surface area (TPSA) is 36.9 Å².